The van der Waals surface area contributed by atoms with E-state index in [-0.39, 0.29) is 0 Å². The standard InChI is InChI=1S/C18H17N3/c1-12-7-6-8-13(2)17(12)21-16-10-5-4-9-15(16)20-11-14(3)19-18(20)21/h4-11H,1-3H3. The molecule has 4 rings (SSSR count). The van der Waals surface area contributed by atoms with Gasteiger partial charge in [0.15, 0.2) is 0 Å². The third-order valence-electron chi connectivity index (χ3n) is 4.05. The molecular formula is C18H17N3. The van der Waals surface area contributed by atoms with Crippen LogP contribution < -0.4 is 0 Å². The molecule has 0 fully saturated rings. The average Bonchev–Trinajstić information content (AvgIpc) is 2.96. The number of fused-ring (bicyclic) bond motifs is 3. The molecule has 2 aromatic carbocycles. The minimum atomic E-state index is 0.978. The van der Waals surface area contributed by atoms with Crippen LogP contribution in [0.2, 0.25) is 0 Å². The lowest BCUT2D eigenvalue weighted by molar-refractivity contribution is 1.06. The zero-order valence-electron chi connectivity index (χ0n) is 12.5. The fraction of sp³-hybridized carbons (Fsp3) is 0.167. The van der Waals surface area contributed by atoms with E-state index in [1.807, 2.05) is 6.92 Å². The highest BCUT2D eigenvalue weighted by atomic mass is 15.2. The molecule has 0 unspecified atom stereocenters. The first-order chi connectivity index (χ1) is 10.2. The lowest BCUT2D eigenvalue weighted by Crippen LogP contribution is -2.00. The van der Waals surface area contributed by atoms with Gasteiger partial charge in [-0.25, -0.2) is 4.98 Å². The molecule has 104 valence electrons. The number of benzene rings is 2. The van der Waals surface area contributed by atoms with Crippen LogP contribution >= 0.6 is 0 Å². The molecule has 0 aliphatic carbocycles. The van der Waals surface area contributed by atoms with Gasteiger partial charge < -0.3 is 0 Å². The molecule has 0 spiro atoms. The van der Waals surface area contributed by atoms with Crippen LogP contribution in [0, 0.1) is 20.8 Å². The monoisotopic (exact) mass is 275 g/mol. The molecule has 0 aliphatic heterocycles. The summed E-state index contributed by atoms with van der Waals surface area (Å²) in [6.07, 6.45) is 2.10. The lowest BCUT2D eigenvalue weighted by atomic mass is 10.1. The minimum absolute atomic E-state index is 0.978. The largest absolute Gasteiger partial charge is 0.283 e. The SMILES string of the molecule is Cc1cn2c3ccccc3n(-c3c(C)cccc3C)c2n1. The van der Waals surface area contributed by atoms with Gasteiger partial charge >= 0.3 is 0 Å². The molecule has 4 aromatic rings. The summed E-state index contributed by atoms with van der Waals surface area (Å²) < 4.78 is 4.45. The first-order valence-electron chi connectivity index (χ1n) is 7.18. The molecule has 0 aliphatic rings. The first-order valence-corrected chi connectivity index (χ1v) is 7.18. The van der Waals surface area contributed by atoms with Crippen LogP contribution in [0.3, 0.4) is 0 Å². The second-order valence-electron chi connectivity index (χ2n) is 5.62. The smallest absolute Gasteiger partial charge is 0.219 e. The van der Waals surface area contributed by atoms with E-state index in [0.29, 0.717) is 0 Å². The van der Waals surface area contributed by atoms with Gasteiger partial charge in [0.1, 0.15) is 0 Å². The van der Waals surface area contributed by atoms with E-state index in [1.54, 1.807) is 0 Å². The van der Waals surface area contributed by atoms with Gasteiger partial charge in [0.25, 0.3) is 0 Å². The average molecular weight is 275 g/mol. The molecule has 0 saturated heterocycles. The van der Waals surface area contributed by atoms with E-state index in [2.05, 4.69) is 71.5 Å². The van der Waals surface area contributed by atoms with Crippen molar-refractivity contribution in [2.75, 3.05) is 0 Å². The Morgan fingerprint density at radius 1 is 0.810 bits per heavy atom. The fourth-order valence-corrected chi connectivity index (χ4v) is 3.16. The van der Waals surface area contributed by atoms with Crippen molar-refractivity contribution in [2.45, 2.75) is 20.8 Å². The number of aryl methyl sites for hydroxylation is 3. The number of hydrogen-bond acceptors (Lipinski definition) is 1. The van der Waals surface area contributed by atoms with Crippen LogP contribution in [0.1, 0.15) is 16.8 Å². The van der Waals surface area contributed by atoms with Gasteiger partial charge in [0.2, 0.25) is 5.78 Å². The normalized spacial score (nSPS) is 11.6. The summed E-state index contributed by atoms with van der Waals surface area (Å²) in [6, 6.07) is 14.9. The third-order valence-corrected chi connectivity index (χ3v) is 4.05. The maximum atomic E-state index is 4.73. The van der Waals surface area contributed by atoms with E-state index in [4.69, 9.17) is 4.98 Å². The van der Waals surface area contributed by atoms with Gasteiger partial charge in [-0.2, -0.15) is 0 Å². The maximum absolute atomic E-state index is 4.73. The summed E-state index contributed by atoms with van der Waals surface area (Å²) in [4.78, 5) is 4.73. The van der Waals surface area contributed by atoms with Gasteiger partial charge in [-0.3, -0.25) is 8.97 Å². The van der Waals surface area contributed by atoms with Crippen molar-refractivity contribution in [2.24, 2.45) is 0 Å². The van der Waals surface area contributed by atoms with Gasteiger partial charge in [-0.05, 0) is 44.0 Å². The molecule has 3 nitrogen and oxygen atoms in total. The Morgan fingerprint density at radius 3 is 2.19 bits per heavy atom. The Hall–Kier alpha value is -2.55. The molecule has 0 saturated carbocycles. The Labute approximate surface area is 123 Å². The number of hydrogen-bond donors (Lipinski definition) is 0. The highest BCUT2D eigenvalue weighted by molar-refractivity contribution is 5.84. The molecule has 3 heteroatoms. The highest BCUT2D eigenvalue weighted by Crippen LogP contribution is 2.28. The molecule has 0 bridgehead atoms. The quantitative estimate of drug-likeness (QED) is 0.510. The Morgan fingerprint density at radius 2 is 1.48 bits per heavy atom. The predicted molar refractivity (Wildman–Crippen MR) is 86.2 cm³/mol. The van der Waals surface area contributed by atoms with Crippen molar-refractivity contribution in [3.05, 3.63) is 65.5 Å². The first kappa shape index (κ1) is 12.2. The predicted octanol–water partition coefficient (Wildman–Crippen LogP) is 4.20. The van der Waals surface area contributed by atoms with E-state index >= 15 is 0 Å². The zero-order valence-corrected chi connectivity index (χ0v) is 12.5. The van der Waals surface area contributed by atoms with E-state index in [9.17, 15) is 0 Å². The van der Waals surface area contributed by atoms with E-state index in [1.165, 1.54) is 27.8 Å². The van der Waals surface area contributed by atoms with Crippen molar-refractivity contribution in [3.8, 4) is 5.69 Å². The van der Waals surface area contributed by atoms with Crippen molar-refractivity contribution < 1.29 is 0 Å². The summed E-state index contributed by atoms with van der Waals surface area (Å²) >= 11 is 0. The third kappa shape index (κ3) is 1.64. The van der Waals surface area contributed by atoms with Crippen LogP contribution in [-0.2, 0) is 0 Å². The Bertz CT molecular complexity index is 953. The molecule has 0 N–H and O–H groups in total. The van der Waals surface area contributed by atoms with Crippen LogP contribution in [0.15, 0.2) is 48.7 Å². The van der Waals surface area contributed by atoms with Crippen molar-refractivity contribution in [1.29, 1.82) is 0 Å². The molecule has 2 heterocycles. The van der Waals surface area contributed by atoms with Crippen molar-refractivity contribution in [3.63, 3.8) is 0 Å². The number of imidazole rings is 2. The Kier molecular flexibility index (Phi) is 2.45. The summed E-state index contributed by atoms with van der Waals surface area (Å²) in [5.74, 6) is 0.978. The molecule has 2 aromatic heterocycles. The highest BCUT2D eigenvalue weighted by Gasteiger charge is 2.16. The Balaban J connectivity index is 2.25. The maximum Gasteiger partial charge on any atom is 0.219 e. The van der Waals surface area contributed by atoms with Crippen LogP contribution in [0.5, 0.6) is 0 Å². The summed E-state index contributed by atoms with van der Waals surface area (Å²) in [6.45, 7) is 6.35. The van der Waals surface area contributed by atoms with Gasteiger partial charge in [-0.15, -0.1) is 0 Å². The molecule has 21 heavy (non-hydrogen) atoms. The molecule has 0 radical (unpaired) electrons. The zero-order chi connectivity index (χ0) is 14.6. The topological polar surface area (TPSA) is 22.2 Å². The second kappa shape index (κ2) is 4.22. The van der Waals surface area contributed by atoms with Gasteiger partial charge in [0, 0.05) is 6.20 Å². The van der Waals surface area contributed by atoms with Gasteiger partial charge in [-0.1, -0.05) is 30.3 Å². The molecule has 0 amide bonds. The second-order valence-corrected chi connectivity index (χ2v) is 5.62. The number of rotatable bonds is 1. The van der Waals surface area contributed by atoms with Crippen molar-refractivity contribution in [1.82, 2.24) is 14.0 Å². The summed E-state index contributed by atoms with van der Waals surface area (Å²) in [7, 11) is 0. The lowest BCUT2D eigenvalue weighted by Gasteiger charge is -2.12. The summed E-state index contributed by atoms with van der Waals surface area (Å²) in [5, 5.41) is 0. The number of aromatic nitrogens is 3. The minimum Gasteiger partial charge on any atom is -0.283 e. The van der Waals surface area contributed by atoms with Crippen LogP contribution in [0.4, 0.5) is 0 Å². The van der Waals surface area contributed by atoms with Crippen LogP contribution in [-0.4, -0.2) is 14.0 Å². The molecule has 0 atom stereocenters. The van der Waals surface area contributed by atoms with Crippen molar-refractivity contribution >= 4 is 16.8 Å². The molecular weight excluding hydrogens is 258 g/mol. The van der Waals surface area contributed by atoms with E-state index < -0.39 is 0 Å². The number of para-hydroxylation sites is 3. The van der Waals surface area contributed by atoms with E-state index in [0.717, 1.165) is 11.5 Å². The van der Waals surface area contributed by atoms with Gasteiger partial charge in [0.05, 0.1) is 22.4 Å². The summed E-state index contributed by atoms with van der Waals surface area (Å²) in [5.41, 5.74) is 7.18. The van der Waals surface area contributed by atoms with Crippen LogP contribution in [0.25, 0.3) is 22.5 Å². The number of nitrogens with zero attached hydrogens (tertiary/aromatic N) is 3. The fourth-order valence-electron chi connectivity index (χ4n) is 3.16.